The summed E-state index contributed by atoms with van der Waals surface area (Å²) in [5.41, 5.74) is -0.733. The number of rotatable bonds is 8. The van der Waals surface area contributed by atoms with E-state index in [0.717, 1.165) is 4.90 Å². The van der Waals surface area contributed by atoms with Crippen molar-refractivity contribution in [3.8, 4) is 5.75 Å². The third-order valence-corrected chi connectivity index (χ3v) is 9.14. The highest BCUT2D eigenvalue weighted by Gasteiger charge is 2.44. The molecule has 1 atom stereocenters. The van der Waals surface area contributed by atoms with Gasteiger partial charge in [-0.2, -0.15) is 8.42 Å². The van der Waals surface area contributed by atoms with Crippen molar-refractivity contribution in [2.45, 2.75) is 58.3 Å². The standard InChI is InChI=1S/C30H37FN4O9S.H3N/c1-30(2,3)44-29(39)33(15-19-9-11-42-12-10-19)16-21-13-22-23(35(21)28(37)38)14-24(43-18-20-7-5-4-6-8-20)27(26(22)31)34-17-25(36)32-45(34,40)41;/h4-8,14,19,21H,9-13,15-18H2,1-3H3,(H,32,36)(H,37,38);1H3/t21-;/m1./s1. The van der Waals surface area contributed by atoms with Gasteiger partial charge in [-0.3, -0.25) is 9.69 Å². The Morgan fingerprint density at radius 3 is 2.41 bits per heavy atom. The van der Waals surface area contributed by atoms with E-state index >= 15 is 4.39 Å². The van der Waals surface area contributed by atoms with Crippen LogP contribution in [-0.2, 0) is 37.5 Å². The molecule has 2 aromatic rings. The Balaban J connectivity index is 0.00000480. The normalized spacial score (nSPS) is 19.2. The number of anilines is 2. The summed E-state index contributed by atoms with van der Waals surface area (Å²) in [6.07, 6.45) is -0.757. The SMILES string of the molecule is CC(C)(C)OC(=O)N(CC1CCOCC1)C[C@H]1Cc2c(cc(OCc3ccccc3)c(N3CC(=O)NS3(=O)=O)c2F)N1C(=O)O.N. The van der Waals surface area contributed by atoms with Gasteiger partial charge in [-0.1, -0.05) is 30.3 Å². The molecule has 2 aromatic carbocycles. The van der Waals surface area contributed by atoms with Crippen molar-refractivity contribution in [3.05, 3.63) is 53.3 Å². The molecule has 0 unspecified atom stereocenters. The molecule has 0 saturated carbocycles. The van der Waals surface area contributed by atoms with E-state index in [0.29, 0.717) is 35.9 Å². The van der Waals surface area contributed by atoms with E-state index in [9.17, 15) is 27.9 Å². The second kappa shape index (κ2) is 13.7. The van der Waals surface area contributed by atoms with Crippen molar-refractivity contribution < 1.29 is 46.5 Å². The number of amides is 3. The zero-order chi connectivity index (χ0) is 32.5. The van der Waals surface area contributed by atoms with Crippen LogP contribution >= 0.6 is 0 Å². The van der Waals surface area contributed by atoms with Crippen molar-refractivity contribution in [1.29, 1.82) is 0 Å². The first kappa shape index (κ1) is 34.7. The monoisotopic (exact) mass is 665 g/mol. The van der Waals surface area contributed by atoms with Crippen LogP contribution in [0.25, 0.3) is 0 Å². The van der Waals surface area contributed by atoms with Crippen LogP contribution in [0.1, 0.15) is 44.7 Å². The van der Waals surface area contributed by atoms with Crippen LogP contribution in [0.3, 0.4) is 0 Å². The number of carboxylic acid groups (broad SMARTS) is 1. The number of carbonyl (C=O) groups excluding carboxylic acids is 2. The minimum atomic E-state index is -4.44. The van der Waals surface area contributed by atoms with Crippen LogP contribution in [0.5, 0.6) is 5.75 Å². The van der Waals surface area contributed by atoms with Crippen molar-refractivity contribution in [2.24, 2.45) is 5.92 Å². The summed E-state index contributed by atoms with van der Waals surface area (Å²) in [5.74, 6) is -2.04. The van der Waals surface area contributed by atoms with Crippen LogP contribution in [0.4, 0.5) is 25.4 Å². The maximum Gasteiger partial charge on any atom is 0.412 e. The lowest BCUT2D eigenvalue weighted by atomic mass is 9.99. The number of nitrogens with one attached hydrogen (secondary N) is 1. The molecule has 16 heteroatoms. The maximum absolute atomic E-state index is 16.5. The van der Waals surface area contributed by atoms with Gasteiger partial charge in [-0.25, -0.2) is 23.0 Å². The van der Waals surface area contributed by atoms with Gasteiger partial charge in [-0.15, -0.1) is 0 Å². The lowest BCUT2D eigenvalue weighted by Crippen LogP contribution is -2.49. The number of benzene rings is 2. The number of fused-ring (bicyclic) bond motifs is 1. The van der Waals surface area contributed by atoms with Gasteiger partial charge in [0.2, 0.25) is 0 Å². The van der Waals surface area contributed by atoms with Crippen LogP contribution in [0.2, 0.25) is 0 Å². The minimum absolute atomic E-state index is 0. The Morgan fingerprint density at radius 2 is 1.83 bits per heavy atom. The zero-order valence-corrected chi connectivity index (χ0v) is 26.8. The molecule has 5 rings (SSSR count). The third-order valence-electron chi connectivity index (χ3n) is 7.76. The minimum Gasteiger partial charge on any atom is -0.487 e. The van der Waals surface area contributed by atoms with Crippen molar-refractivity contribution in [1.82, 2.24) is 15.8 Å². The summed E-state index contributed by atoms with van der Waals surface area (Å²) in [5, 5.41) is 10.3. The average molecular weight is 666 g/mol. The molecular formula is C30H40FN5O9S. The van der Waals surface area contributed by atoms with E-state index < -0.39 is 58.0 Å². The predicted octanol–water partition coefficient (Wildman–Crippen LogP) is 3.82. The van der Waals surface area contributed by atoms with Crippen LogP contribution in [-0.4, -0.2) is 81.0 Å². The fraction of sp³-hybridized carbons (Fsp3) is 0.500. The summed E-state index contributed by atoms with van der Waals surface area (Å²) in [6, 6.07) is 9.19. The van der Waals surface area contributed by atoms with Gasteiger partial charge in [-0.05, 0) is 45.1 Å². The molecule has 0 radical (unpaired) electrons. The van der Waals surface area contributed by atoms with Crippen LogP contribution in [0.15, 0.2) is 36.4 Å². The van der Waals surface area contributed by atoms with Gasteiger partial charge in [0.05, 0.1) is 11.7 Å². The Morgan fingerprint density at radius 1 is 1.15 bits per heavy atom. The smallest absolute Gasteiger partial charge is 0.412 e. The number of nitrogens with zero attached hydrogens (tertiary/aromatic N) is 3. The molecule has 5 N–H and O–H groups in total. The molecular weight excluding hydrogens is 625 g/mol. The first-order valence-electron chi connectivity index (χ1n) is 14.7. The van der Waals surface area contributed by atoms with Gasteiger partial charge < -0.3 is 30.4 Å². The summed E-state index contributed by atoms with van der Waals surface area (Å²) in [7, 11) is -4.44. The molecule has 0 aromatic heterocycles. The van der Waals surface area contributed by atoms with Gasteiger partial charge in [0.1, 0.15) is 30.2 Å². The Bertz CT molecular complexity index is 1560. The predicted molar refractivity (Wildman–Crippen MR) is 166 cm³/mol. The quantitative estimate of drug-likeness (QED) is 0.374. The van der Waals surface area contributed by atoms with E-state index in [1.54, 1.807) is 51.1 Å². The molecule has 3 amide bonds. The number of hydrogen-bond donors (Lipinski definition) is 3. The van der Waals surface area contributed by atoms with Crippen molar-refractivity contribution >= 4 is 39.7 Å². The first-order chi connectivity index (χ1) is 21.2. The van der Waals surface area contributed by atoms with E-state index in [1.807, 2.05) is 4.72 Å². The molecule has 14 nitrogen and oxygen atoms in total. The molecule has 3 aliphatic rings. The summed E-state index contributed by atoms with van der Waals surface area (Å²) < 4.78 is 61.6. The van der Waals surface area contributed by atoms with Crippen LogP contribution < -0.4 is 24.8 Å². The molecule has 3 aliphatic heterocycles. The molecule has 0 aliphatic carbocycles. The Kier molecular flexibility index (Phi) is 10.3. The molecule has 252 valence electrons. The molecule has 3 heterocycles. The topological polar surface area (TPSA) is 190 Å². The van der Waals surface area contributed by atoms with E-state index in [2.05, 4.69) is 0 Å². The van der Waals surface area contributed by atoms with Crippen molar-refractivity contribution in [3.63, 3.8) is 0 Å². The molecule has 0 bridgehead atoms. The lowest BCUT2D eigenvalue weighted by molar-refractivity contribution is -0.117. The van der Waals surface area contributed by atoms with E-state index in [-0.39, 0.29) is 55.2 Å². The Hall–Kier alpha value is -4.15. The summed E-state index contributed by atoms with van der Waals surface area (Å²) >= 11 is 0. The number of carbonyl (C=O) groups is 3. The fourth-order valence-corrected chi connectivity index (χ4v) is 6.91. The van der Waals surface area contributed by atoms with Crippen molar-refractivity contribution in [2.75, 3.05) is 42.1 Å². The maximum atomic E-state index is 16.5. The number of ether oxygens (including phenoxy) is 3. The Labute approximate surface area is 267 Å². The second-order valence-electron chi connectivity index (χ2n) is 12.3. The zero-order valence-electron chi connectivity index (χ0n) is 26.0. The number of hydrogen-bond acceptors (Lipinski definition) is 9. The summed E-state index contributed by atoms with van der Waals surface area (Å²) in [6.45, 7) is 5.69. The van der Waals surface area contributed by atoms with Gasteiger partial charge in [0.15, 0.2) is 5.82 Å². The largest absolute Gasteiger partial charge is 0.487 e. The number of halogens is 1. The van der Waals surface area contributed by atoms with Crippen LogP contribution in [0, 0.1) is 11.7 Å². The third kappa shape index (κ3) is 7.62. The molecule has 0 spiro atoms. The van der Waals surface area contributed by atoms with E-state index in [1.165, 1.54) is 11.0 Å². The highest BCUT2D eigenvalue weighted by Crippen LogP contribution is 2.45. The lowest BCUT2D eigenvalue weighted by Gasteiger charge is -2.34. The molecule has 2 saturated heterocycles. The van der Waals surface area contributed by atoms with Gasteiger partial charge in [0.25, 0.3) is 5.91 Å². The fourth-order valence-electron chi connectivity index (χ4n) is 5.75. The second-order valence-corrected chi connectivity index (χ2v) is 13.9. The molecule has 46 heavy (non-hydrogen) atoms. The highest BCUT2D eigenvalue weighted by atomic mass is 32.2. The van der Waals surface area contributed by atoms with E-state index in [4.69, 9.17) is 14.2 Å². The van der Waals surface area contributed by atoms with Gasteiger partial charge >= 0.3 is 22.4 Å². The highest BCUT2D eigenvalue weighted by molar-refractivity contribution is 7.92. The average Bonchev–Trinajstić information content (AvgIpc) is 3.46. The first-order valence-corrected chi connectivity index (χ1v) is 16.1. The summed E-state index contributed by atoms with van der Waals surface area (Å²) in [4.78, 5) is 40.5. The van der Waals surface area contributed by atoms with Gasteiger partial charge in [0, 0.05) is 44.4 Å². The molecule has 2 fully saturated rings.